The van der Waals surface area contributed by atoms with Crippen LogP contribution >= 0.6 is 11.6 Å². The summed E-state index contributed by atoms with van der Waals surface area (Å²) in [5, 5.41) is 0.795. The van der Waals surface area contributed by atoms with E-state index >= 15 is 0 Å². The fraction of sp³-hybridized carbons (Fsp3) is 0.571. The molecule has 1 nitrogen and oxygen atoms in total. The molecule has 1 unspecified atom stereocenters. The van der Waals surface area contributed by atoms with Gasteiger partial charge in [0.25, 0.3) is 0 Å². The molecule has 1 aromatic rings. The molecular formula is C14H22ClN. The van der Waals surface area contributed by atoms with Gasteiger partial charge in [-0.25, -0.2) is 0 Å². The number of halogens is 1. The summed E-state index contributed by atoms with van der Waals surface area (Å²) >= 11 is 6.10. The molecule has 1 rings (SSSR count). The Bertz CT molecular complexity index is 299. The maximum atomic E-state index is 6.13. The summed E-state index contributed by atoms with van der Waals surface area (Å²) in [6, 6.07) is 7.97. The Kier molecular flexibility index (Phi) is 6.51. The van der Waals surface area contributed by atoms with Crippen LogP contribution in [0.3, 0.4) is 0 Å². The normalized spacial score (nSPS) is 12.7. The molecule has 0 fully saturated rings. The molecule has 0 aliphatic carbocycles. The Hall–Kier alpha value is -0.530. The molecule has 0 spiro atoms. The molecule has 0 amide bonds. The van der Waals surface area contributed by atoms with Crippen LogP contribution in [0.15, 0.2) is 24.3 Å². The van der Waals surface area contributed by atoms with Crippen molar-refractivity contribution in [2.24, 2.45) is 5.73 Å². The largest absolute Gasteiger partial charge is 0.324 e. The van der Waals surface area contributed by atoms with E-state index in [9.17, 15) is 0 Å². The van der Waals surface area contributed by atoms with Crippen LogP contribution in [0.4, 0.5) is 0 Å². The monoisotopic (exact) mass is 239 g/mol. The third-order valence-electron chi connectivity index (χ3n) is 2.92. The van der Waals surface area contributed by atoms with Crippen molar-refractivity contribution in [2.75, 3.05) is 0 Å². The third-order valence-corrected chi connectivity index (χ3v) is 3.27. The predicted molar refractivity (Wildman–Crippen MR) is 71.8 cm³/mol. The van der Waals surface area contributed by atoms with Crippen molar-refractivity contribution >= 4 is 11.6 Å². The summed E-state index contributed by atoms with van der Waals surface area (Å²) in [6.07, 6.45) is 7.47. The highest BCUT2D eigenvalue weighted by Crippen LogP contribution is 2.24. The summed E-state index contributed by atoms with van der Waals surface area (Å²) < 4.78 is 0. The molecule has 0 aliphatic heterocycles. The number of hydrogen-bond donors (Lipinski definition) is 1. The highest BCUT2D eigenvalue weighted by atomic mass is 35.5. The lowest BCUT2D eigenvalue weighted by atomic mass is 10.0. The molecule has 0 bridgehead atoms. The lowest BCUT2D eigenvalue weighted by molar-refractivity contribution is 0.555. The van der Waals surface area contributed by atoms with Gasteiger partial charge < -0.3 is 5.73 Å². The molecule has 1 aromatic carbocycles. The Balaban J connectivity index is 2.30. The minimum Gasteiger partial charge on any atom is -0.324 e. The van der Waals surface area contributed by atoms with Crippen molar-refractivity contribution < 1.29 is 0 Å². The smallest absolute Gasteiger partial charge is 0.0453 e. The molecule has 0 heterocycles. The average molecular weight is 240 g/mol. The number of unbranched alkanes of at least 4 members (excludes halogenated alkanes) is 4. The van der Waals surface area contributed by atoms with Crippen molar-refractivity contribution in [3.63, 3.8) is 0 Å². The Morgan fingerprint density at radius 2 is 1.81 bits per heavy atom. The van der Waals surface area contributed by atoms with Gasteiger partial charge in [-0.1, -0.05) is 68.8 Å². The van der Waals surface area contributed by atoms with Gasteiger partial charge >= 0.3 is 0 Å². The lowest BCUT2D eigenvalue weighted by Gasteiger charge is -2.13. The van der Waals surface area contributed by atoms with E-state index in [4.69, 9.17) is 17.3 Å². The number of hydrogen-bond acceptors (Lipinski definition) is 1. The molecule has 0 saturated heterocycles. The van der Waals surface area contributed by atoms with Crippen LogP contribution in [-0.2, 0) is 0 Å². The first-order chi connectivity index (χ1) is 7.75. The quantitative estimate of drug-likeness (QED) is 0.686. The topological polar surface area (TPSA) is 26.0 Å². The molecular weight excluding hydrogens is 218 g/mol. The summed E-state index contributed by atoms with van der Waals surface area (Å²) in [6.45, 7) is 2.23. The standard InChI is InChI=1S/C14H22ClN/c1-2-3-4-5-6-11-14(16)12-9-7-8-10-13(12)15/h7-10,14H,2-6,11,16H2,1H3. The van der Waals surface area contributed by atoms with Gasteiger partial charge in [-0.2, -0.15) is 0 Å². The van der Waals surface area contributed by atoms with Crippen LogP contribution < -0.4 is 5.73 Å². The van der Waals surface area contributed by atoms with Crippen LogP contribution in [0.5, 0.6) is 0 Å². The van der Waals surface area contributed by atoms with Gasteiger partial charge in [0.05, 0.1) is 0 Å². The number of benzene rings is 1. The zero-order valence-corrected chi connectivity index (χ0v) is 10.8. The summed E-state index contributed by atoms with van der Waals surface area (Å²) in [5.74, 6) is 0. The minimum absolute atomic E-state index is 0.0929. The summed E-state index contributed by atoms with van der Waals surface area (Å²) in [5.41, 5.74) is 7.21. The van der Waals surface area contributed by atoms with E-state index in [0.29, 0.717) is 0 Å². The van der Waals surface area contributed by atoms with Gasteiger partial charge in [0.15, 0.2) is 0 Å². The third kappa shape index (κ3) is 4.54. The average Bonchev–Trinajstić information content (AvgIpc) is 2.29. The van der Waals surface area contributed by atoms with Crippen molar-refractivity contribution in [3.8, 4) is 0 Å². The number of rotatable bonds is 7. The molecule has 0 radical (unpaired) electrons. The van der Waals surface area contributed by atoms with E-state index in [-0.39, 0.29) is 6.04 Å². The molecule has 90 valence electrons. The first-order valence-corrected chi connectivity index (χ1v) is 6.63. The molecule has 2 heteroatoms. The zero-order valence-electron chi connectivity index (χ0n) is 10.1. The Morgan fingerprint density at radius 3 is 2.50 bits per heavy atom. The van der Waals surface area contributed by atoms with Crippen molar-refractivity contribution in [1.29, 1.82) is 0 Å². The van der Waals surface area contributed by atoms with E-state index < -0.39 is 0 Å². The lowest BCUT2D eigenvalue weighted by Crippen LogP contribution is -2.10. The van der Waals surface area contributed by atoms with Gasteiger partial charge in [0.1, 0.15) is 0 Å². The van der Waals surface area contributed by atoms with E-state index in [2.05, 4.69) is 6.92 Å². The predicted octanol–water partition coefficient (Wildman–Crippen LogP) is 4.70. The molecule has 0 aliphatic rings. The Labute approximate surface area is 104 Å². The van der Waals surface area contributed by atoms with Gasteiger partial charge in [-0.3, -0.25) is 0 Å². The van der Waals surface area contributed by atoms with Gasteiger partial charge in [0.2, 0.25) is 0 Å². The summed E-state index contributed by atoms with van der Waals surface area (Å²) in [7, 11) is 0. The minimum atomic E-state index is 0.0929. The fourth-order valence-electron chi connectivity index (χ4n) is 1.90. The molecule has 2 N–H and O–H groups in total. The van der Waals surface area contributed by atoms with Crippen molar-refractivity contribution in [3.05, 3.63) is 34.9 Å². The highest BCUT2D eigenvalue weighted by molar-refractivity contribution is 6.31. The first kappa shape index (κ1) is 13.5. The van der Waals surface area contributed by atoms with Gasteiger partial charge in [-0.05, 0) is 18.1 Å². The van der Waals surface area contributed by atoms with E-state index in [1.807, 2.05) is 24.3 Å². The van der Waals surface area contributed by atoms with Crippen molar-refractivity contribution in [1.82, 2.24) is 0 Å². The second-order valence-electron chi connectivity index (χ2n) is 4.33. The molecule has 1 atom stereocenters. The van der Waals surface area contributed by atoms with E-state index in [0.717, 1.165) is 17.0 Å². The maximum absolute atomic E-state index is 6.13. The van der Waals surface area contributed by atoms with E-state index in [1.54, 1.807) is 0 Å². The van der Waals surface area contributed by atoms with Crippen LogP contribution in [0.1, 0.15) is 57.1 Å². The second-order valence-corrected chi connectivity index (χ2v) is 4.74. The van der Waals surface area contributed by atoms with Crippen LogP contribution in [-0.4, -0.2) is 0 Å². The molecule has 16 heavy (non-hydrogen) atoms. The maximum Gasteiger partial charge on any atom is 0.0453 e. The Morgan fingerprint density at radius 1 is 1.12 bits per heavy atom. The van der Waals surface area contributed by atoms with Crippen LogP contribution in [0, 0.1) is 0 Å². The van der Waals surface area contributed by atoms with Crippen LogP contribution in [0.2, 0.25) is 5.02 Å². The van der Waals surface area contributed by atoms with Crippen molar-refractivity contribution in [2.45, 2.75) is 51.5 Å². The van der Waals surface area contributed by atoms with Crippen LogP contribution in [0.25, 0.3) is 0 Å². The second kappa shape index (κ2) is 7.70. The number of nitrogens with two attached hydrogens (primary N) is 1. The SMILES string of the molecule is CCCCCCCC(N)c1ccccc1Cl. The molecule has 0 saturated carbocycles. The fourth-order valence-corrected chi connectivity index (χ4v) is 2.17. The zero-order chi connectivity index (χ0) is 11.8. The first-order valence-electron chi connectivity index (χ1n) is 6.25. The molecule has 0 aromatic heterocycles. The van der Waals surface area contributed by atoms with Gasteiger partial charge in [0, 0.05) is 11.1 Å². The summed E-state index contributed by atoms with van der Waals surface area (Å²) in [4.78, 5) is 0. The highest BCUT2D eigenvalue weighted by Gasteiger charge is 2.08. The van der Waals surface area contributed by atoms with E-state index in [1.165, 1.54) is 32.1 Å². The van der Waals surface area contributed by atoms with Gasteiger partial charge in [-0.15, -0.1) is 0 Å².